The molecular weight excluding hydrogens is 322 g/mol. The van der Waals surface area contributed by atoms with Crippen molar-refractivity contribution in [3.05, 3.63) is 53.2 Å². The molecule has 24 heavy (non-hydrogen) atoms. The van der Waals surface area contributed by atoms with Gasteiger partial charge in [-0.05, 0) is 56.0 Å². The minimum atomic E-state index is -3.53. The van der Waals surface area contributed by atoms with Crippen LogP contribution in [0, 0.1) is 13.8 Å². The Kier molecular flexibility index (Phi) is 4.60. The van der Waals surface area contributed by atoms with Crippen LogP contribution in [0.1, 0.15) is 42.0 Å². The van der Waals surface area contributed by atoms with Crippen molar-refractivity contribution in [1.82, 2.24) is 9.29 Å². The molecule has 5 nitrogen and oxygen atoms in total. The molecule has 0 bridgehead atoms. The fourth-order valence-corrected chi connectivity index (χ4v) is 4.96. The molecule has 0 aliphatic carbocycles. The standard InChI is InChI=1S/C18H23N3O2S/c1-13-6-8-15(9-7-13)24(22,23)21-10-4-3-5-17(21)16-12-20-18(19)11-14(16)2/h6-9,11-12,17H,3-5,10H2,1-2H3,(H2,19,20)/t17-/m1/s1. The summed E-state index contributed by atoms with van der Waals surface area (Å²) in [5.74, 6) is 0.458. The summed E-state index contributed by atoms with van der Waals surface area (Å²) >= 11 is 0. The summed E-state index contributed by atoms with van der Waals surface area (Å²) in [4.78, 5) is 4.52. The second-order valence-electron chi connectivity index (χ2n) is 6.41. The van der Waals surface area contributed by atoms with Crippen LogP contribution in [0.25, 0.3) is 0 Å². The summed E-state index contributed by atoms with van der Waals surface area (Å²) in [6.07, 6.45) is 4.41. The van der Waals surface area contributed by atoms with Gasteiger partial charge < -0.3 is 5.73 Å². The highest BCUT2D eigenvalue weighted by Gasteiger charge is 2.35. The van der Waals surface area contributed by atoms with E-state index in [0.717, 1.165) is 36.0 Å². The van der Waals surface area contributed by atoms with Gasteiger partial charge in [-0.25, -0.2) is 13.4 Å². The van der Waals surface area contributed by atoms with E-state index >= 15 is 0 Å². The van der Waals surface area contributed by atoms with Crippen molar-refractivity contribution in [2.24, 2.45) is 0 Å². The fourth-order valence-electron chi connectivity index (χ4n) is 3.29. The Bertz CT molecular complexity index is 832. The number of rotatable bonds is 3. The summed E-state index contributed by atoms with van der Waals surface area (Å²) in [5.41, 5.74) is 8.71. The van der Waals surface area contributed by atoms with Crippen molar-refractivity contribution < 1.29 is 8.42 Å². The highest BCUT2D eigenvalue weighted by Crippen LogP contribution is 2.36. The molecule has 0 amide bonds. The lowest BCUT2D eigenvalue weighted by molar-refractivity contribution is 0.255. The number of nitrogen functional groups attached to an aromatic ring is 1. The molecule has 1 aliphatic heterocycles. The zero-order valence-electron chi connectivity index (χ0n) is 14.1. The number of nitrogens with two attached hydrogens (primary N) is 1. The molecular formula is C18H23N3O2S. The van der Waals surface area contributed by atoms with E-state index in [0.29, 0.717) is 17.3 Å². The van der Waals surface area contributed by atoms with Gasteiger partial charge in [0.25, 0.3) is 0 Å². The minimum absolute atomic E-state index is 0.182. The number of benzene rings is 1. The summed E-state index contributed by atoms with van der Waals surface area (Å²) in [6, 6.07) is 8.66. The SMILES string of the molecule is Cc1ccc(S(=O)(=O)N2CCCC[C@@H]2c2cnc(N)cc2C)cc1. The zero-order valence-corrected chi connectivity index (χ0v) is 14.9. The first-order valence-corrected chi connectivity index (χ1v) is 9.64. The maximum Gasteiger partial charge on any atom is 0.243 e. The van der Waals surface area contributed by atoms with Gasteiger partial charge in [0, 0.05) is 12.7 Å². The monoisotopic (exact) mass is 345 g/mol. The number of hydrogen-bond acceptors (Lipinski definition) is 4. The minimum Gasteiger partial charge on any atom is -0.384 e. The third kappa shape index (κ3) is 3.16. The molecule has 0 spiro atoms. The molecule has 1 saturated heterocycles. The van der Waals surface area contributed by atoms with Gasteiger partial charge >= 0.3 is 0 Å². The molecule has 2 aromatic rings. The molecule has 0 unspecified atom stereocenters. The first-order valence-electron chi connectivity index (χ1n) is 8.20. The maximum atomic E-state index is 13.1. The number of aryl methyl sites for hydroxylation is 2. The molecule has 1 atom stereocenters. The van der Waals surface area contributed by atoms with Crippen LogP contribution in [0.4, 0.5) is 5.82 Å². The Balaban J connectivity index is 2.01. The quantitative estimate of drug-likeness (QED) is 0.927. The van der Waals surface area contributed by atoms with Crippen molar-refractivity contribution >= 4 is 15.8 Å². The number of pyridine rings is 1. The van der Waals surface area contributed by atoms with E-state index in [4.69, 9.17) is 5.73 Å². The molecule has 1 aromatic carbocycles. The lowest BCUT2D eigenvalue weighted by Crippen LogP contribution is -2.38. The van der Waals surface area contributed by atoms with Crippen molar-refractivity contribution in [3.63, 3.8) is 0 Å². The van der Waals surface area contributed by atoms with Crippen LogP contribution in [-0.4, -0.2) is 24.3 Å². The van der Waals surface area contributed by atoms with Gasteiger partial charge in [0.15, 0.2) is 0 Å². The molecule has 2 heterocycles. The first-order chi connectivity index (χ1) is 11.4. The van der Waals surface area contributed by atoms with Crippen LogP contribution in [-0.2, 0) is 10.0 Å². The van der Waals surface area contributed by atoms with E-state index in [1.165, 1.54) is 0 Å². The summed E-state index contributed by atoms with van der Waals surface area (Å²) < 4.78 is 27.9. The molecule has 128 valence electrons. The molecule has 1 aliphatic rings. The van der Waals surface area contributed by atoms with Crippen molar-refractivity contribution in [2.75, 3.05) is 12.3 Å². The number of aromatic nitrogens is 1. The number of hydrogen-bond donors (Lipinski definition) is 1. The lowest BCUT2D eigenvalue weighted by atomic mass is 9.96. The fraction of sp³-hybridized carbons (Fsp3) is 0.389. The number of nitrogens with zero attached hydrogens (tertiary/aromatic N) is 2. The average molecular weight is 345 g/mol. The Hall–Kier alpha value is -1.92. The third-order valence-electron chi connectivity index (χ3n) is 4.61. The van der Waals surface area contributed by atoms with Crippen LogP contribution in [0.5, 0.6) is 0 Å². The van der Waals surface area contributed by atoms with Gasteiger partial charge in [-0.3, -0.25) is 0 Å². The number of piperidine rings is 1. The Morgan fingerprint density at radius 1 is 1.17 bits per heavy atom. The Morgan fingerprint density at radius 3 is 2.54 bits per heavy atom. The molecule has 0 saturated carbocycles. The Labute approximate surface area is 143 Å². The van der Waals surface area contributed by atoms with E-state index in [2.05, 4.69) is 4.98 Å². The molecule has 0 radical (unpaired) electrons. The normalized spacial score (nSPS) is 19.3. The van der Waals surface area contributed by atoms with E-state index in [-0.39, 0.29) is 6.04 Å². The zero-order chi connectivity index (χ0) is 17.3. The van der Waals surface area contributed by atoms with Gasteiger partial charge in [0.2, 0.25) is 10.0 Å². The van der Waals surface area contributed by atoms with Crippen LogP contribution < -0.4 is 5.73 Å². The van der Waals surface area contributed by atoms with E-state index in [9.17, 15) is 8.42 Å². The predicted octanol–water partition coefficient (Wildman–Crippen LogP) is 3.20. The summed E-state index contributed by atoms with van der Waals surface area (Å²) in [7, 11) is -3.53. The average Bonchev–Trinajstić information content (AvgIpc) is 2.55. The van der Waals surface area contributed by atoms with Gasteiger partial charge in [-0.2, -0.15) is 4.31 Å². The van der Waals surface area contributed by atoms with E-state index < -0.39 is 10.0 Å². The van der Waals surface area contributed by atoms with Crippen molar-refractivity contribution in [3.8, 4) is 0 Å². The maximum absolute atomic E-state index is 13.1. The molecule has 2 N–H and O–H groups in total. The predicted molar refractivity (Wildman–Crippen MR) is 95.0 cm³/mol. The third-order valence-corrected chi connectivity index (χ3v) is 6.54. The van der Waals surface area contributed by atoms with Gasteiger partial charge in [-0.15, -0.1) is 0 Å². The van der Waals surface area contributed by atoms with E-state index in [1.54, 1.807) is 28.7 Å². The second kappa shape index (κ2) is 6.53. The molecule has 6 heteroatoms. The van der Waals surface area contributed by atoms with Crippen LogP contribution in [0.15, 0.2) is 41.4 Å². The topological polar surface area (TPSA) is 76.3 Å². The summed E-state index contributed by atoms with van der Waals surface area (Å²) in [6.45, 7) is 4.44. The molecule has 1 aromatic heterocycles. The number of sulfonamides is 1. The number of anilines is 1. The smallest absolute Gasteiger partial charge is 0.243 e. The van der Waals surface area contributed by atoms with Crippen molar-refractivity contribution in [1.29, 1.82) is 0 Å². The highest BCUT2D eigenvalue weighted by atomic mass is 32.2. The highest BCUT2D eigenvalue weighted by molar-refractivity contribution is 7.89. The summed E-state index contributed by atoms with van der Waals surface area (Å²) in [5, 5.41) is 0. The van der Waals surface area contributed by atoms with Crippen LogP contribution in [0.3, 0.4) is 0 Å². The van der Waals surface area contributed by atoms with E-state index in [1.807, 2.05) is 26.0 Å². The Morgan fingerprint density at radius 2 is 1.88 bits per heavy atom. The van der Waals surface area contributed by atoms with Gasteiger partial charge in [-0.1, -0.05) is 24.1 Å². The second-order valence-corrected chi connectivity index (χ2v) is 8.30. The molecule has 1 fully saturated rings. The van der Waals surface area contributed by atoms with Gasteiger partial charge in [0.1, 0.15) is 5.82 Å². The van der Waals surface area contributed by atoms with Crippen LogP contribution in [0.2, 0.25) is 0 Å². The first kappa shape index (κ1) is 16.9. The van der Waals surface area contributed by atoms with Crippen molar-refractivity contribution in [2.45, 2.75) is 44.0 Å². The largest absolute Gasteiger partial charge is 0.384 e. The van der Waals surface area contributed by atoms with Crippen LogP contribution >= 0.6 is 0 Å². The van der Waals surface area contributed by atoms with Gasteiger partial charge in [0.05, 0.1) is 10.9 Å². The lowest BCUT2D eigenvalue weighted by Gasteiger charge is -2.35. The molecule has 3 rings (SSSR count).